The minimum atomic E-state index is -0.0930. The summed E-state index contributed by atoms with van der Waals surface area (Å²) in [5.74, 6) is 1.69. The van der Waals surface area contributed by atoms with Gasteiger partial charge in [-0.05, 0) is 19.4 Å². The Balaban J connectivity index is 1.64. The number of methoxy groups -OCH3 is 1. The Bertz CT molecular complexity index is 558. The molecule has 1 aromatic heterocycles. The minimum Gasteiger partial charge on any atom is -0.378 e. The fourth-order valence-corrected chi connectivity index (χ4v) is 3.37. The Morgan fingerprint density at radius 2 is 2.21 bits per heavy atom. The van der Waals surface area contributed by atoms with E-state index in [0.717, 1.165) is 37.0 Å². The molecule has 2 aliphatic heterocycles. The van der Waals surface area contributed by atoms with Gasteiger partial charge in [-0.2, -0.15) is 0 Å². The normalized spacial score (nSPS) is 24.8. The van der Waals surface area contributed by atoms with E-state index in [0.29, 0.717) is 12.6 Å². The second kappa shape index (κ2) is 7.33. The van der Waals surface area contributed by atoms with Gasteiger partial charge >= 0.3 is 0 Å². The number of hydrogen-bond acceptors (Lipinski definition) is 6. The first kappa shape index (κ1) is 17.6. The summed E-state index contributed by atoms with van der Waals surface area (Å²) in [6.07, 6.45) is 2.80. The predicted octanol–water partition coefficient (Wildman–Crippen LogP) is 2.20. The number of aromatic nitrogens is 2. The highest BCUT2D eigenvalue weighted by Crippen LogP contribution is 2.23. The molecule has 0 radical (unpaired) electrons. The van der Waals surface area contributed by atoms with Gasteiger partial charge in [0.15, 0.2) is 0 Å². The third kappa shape index (κ3) is 4.23. The van der Waals surface area contributed by atoms with E-state index in [1.807, 2.05) is 6.07 Å². The third-order valence-corrected chi connectivity index (χ3v) is 4.71. The number of anilines is 1. The Hall–Kier alpha value is -1.24. The molecule has 2 atom stereocenters. The number of fused-ring (bicyclic) bond motifs is 1. The quantitative estimate of drug-likeness (QED) is 0.891. The summed E-state index contributed by atoms with van der Waals surface area (Å²) in [5, 5.41) is 3.45. The van der Waals surface area contributed by atoms with Crippen molar-refractivity contribution in [3.63, 3.8) is 0 Å². The van der Waals surface area contributed by atoms with Crippen LogP contribution in [0, 0.1) is 0 Å². The van der Waals surface area contributed by atoms with Gasteiger partial charge in [-0.15, -0.1) is 0 Å². The first-order chi connectivity index (χ1) is 11.5. The lowest BCUT2D eigenvalue weighted by atomic mass is 9.95. The van der Waals surface area contributed by atoms with Crippen LogP contribution in [0.2, 0.25) is 0 Å². The van der Waals surface area contributed by atoms with Crippen molar-refractivity contribution in [2.75, 3.05) is 38.7 Å². The molecule has 3 rings (SSSR count). The molecule has 1 N–H and O–H groups in total. The molecule has 6 nitrogen and oxygen atoms in total. The van der Waals surface area contributed by atoms with Crippen LogP contribution in [0.5, 0.6) is 0 Å². The number of hydrogen-bond donors (Lipinski definition) is 1. The van der Waals surface area contributed by atoms with Gasteiger partial charge in [0.1, 0.15) is 11.6 Å². The Kier molecular flexibility index (Phi) is 5.37. The molecule has 1 aromatic rings. The van der Waals surface area contributed by atoms with E-state index in [2.05, 4.69) is 36.0 Å². The predicted molar refractivity (Wildman–Crippen MR) is 94.3 cm³/mol. The molecular weight excluding hydrogens is 304 g/mol. The maximum atomic E-state index is 6.02. The van der Waals surface area contributed by atoms with Crippen LogP contribution >= 0.6 is 0 Å². The van der Waals surface area contributed by atoms with Crippen LogP contribution in [-0.2, 0) is 21.5 Å². The molecule has 6 heteroatoms. The summed E-state index contributed by atoms with van der Waals surface area (Å²) in [5.41, 5.74) is 0.814. The summed E-state index contributed by atoms with van der Waals surface area (Å²) in [6, 6.07) is 2.61. The average molecular weight is 334 g/mol. The number of rotatable bonds is 5. The van der Waals surface area contributed by atoms with Crippen molar-refractivity contribution in [1.29, 1.82) is 0 Å². The highest BCUT2D eigenvalue weighted by Gasteiger charge is 2.32. The van der Waals surface area contributed by atoms with Crippen molar-refractivity contribution < 1.29 is 9.47 Å². The summed E-state index contributed by atoms with van der Waals surface area (Å²) in [6.45, 7) is 10.7. The lowest BCUT2D eigenvalue weighted by Gasteiger charge is -2.35. The molecule has 0 spiro atoms. The molecule has 2 fully saturated rings. The van der Waals surface area contributed by atoms with Gasteiger partial charge in [-0.1, -0.05) is 20.8 Å². The van der Waals surface area contributed by atoms with Gasteiger partial charge in [-0.25, -0.2) is 9.97 Å². The fraction of sp³-hybridized carbons (Fsp3) is 0.778. The number of ether oxygens (including phenoxy) is 2. The molecule has 2 aliphatic rings. The lowest BCUT2D eigenvalue weighted by Crippen LogP contribution is -2.48. The molecule has 24 heavy (non-hydrogen) atoms. The molecule has 0 aliphatic carbocycles. The molecular formula is C18H30N4O2. The van der Waals surface area contributed by atoms with Crippen LogP contribution in [0.15, 0.2) is 6.07 Å². The number of nitrogens with one attached hydrogen (secondary N) is 1. The van der Waals surface area contributed by atoms with Crippen molar-refractivity contribution in [3.05, 3.63) is 17.6 Å². The van der Waals surface area contributed by atoms with Crippen LogP contribution in [-0.4, -0.2) is 60.4 Å². The van der Waals surface area contributed by atoms with Crippen LogP contribution in [0.25, 0.3) is 0 Å². The zero-order valence-corrected chi connectivity index (χ0v) is 15.3. The third-order valence-electron chi connectivity index (χ3n) is 4.71. The van der Waals surface area contributed by atoms with Gasteiger partial charge < -0.3 is 14.8 Å². The first-order valence-corrected chi connectivity index (χ1v) is 8.92. The second-order valence-corrected chi connectivity index (χ2v) is 7.88. The molecule has 0 saturated carbocycles. The van der Waals surface area contributed by atoms with Crippen molar-refractivity contribution in [3.8, 4) is 0 Å². The van der Waals surface area contributed by atoms with Crippen LogP contribution in [0.1, 0.15) is 45.1 Å². The summed E-state index contributed by atoms with van der Waals surface area (Å²) >= 11 is 0. The highest BCUT2D eigenvalue weighted by atomic mass is 16.5. The Morgan fingerprint density at radius 3 is 2.96 bits per heavy atom. The lowest BCUT2D eigenvalue weighted by molar-refractivity contribution is -0.0416. The van der Waals surface area contributed by atoms with Crippen LogP contribution in [0.3, 0.4) is 0 Å². The van der Waals surface area contributed by atoms with Gasteiger partial charge in [0, 0.05) is 37.7 Å². The minimum absolute atomic E-state index is 0.0930. The van der Waals surface area contributed by atoms with Gasteiger partial charge in [0.2, 0.25) is 0 Å². The van der Waals surface area contributed by atoms with E-state index in [9.17, 15) is 0 Å². The summed E-state index contributed by atoms with van der Waals surface area (Å²) in [7, 11) is 1.69. The van der Waals surface area contributed by atoms with Gasteiger partial charge in [0.25, 0.3) is 0 Å². The standard InChI is InChI=1S/C18H30N4O2/c1-18(2,3)17-20-13(11-23-4)8-16(21-17)19-9-15-10-22-7-5-6-14(22)12-24-15/h8,14-15H,5-7,9-12H2,1-4H3,(H,19,20,21). The largest absolute Gasteiger partial charge is 0.378 e. The monoisotopic (exact) mass is 334 g/mol. The van der Waals surface area contributed by atoms with Crippen LogP contribution < -0.4 is 5.32 Å². The molecule has 0 bridgehead atoms. The molecule has 134 valence electrons. The molecule has 0 aromatic carbocycles. The molecule has 0 amide bonds. The molecule has 3 heterocycles. The van der Waals surface area contributed by atoms with Gasteiger partial charge in [-0.3, -0.25) is 4.90 Å². The average Bonchev–Trinajstić information content (AvgIpc) is 3.00. The topological polar surface area (TPSA) is 59.5 Å². The number of nitrogens with zero attached hydrogens (tertiary/aromatic N) is 3. The van der Waals surface area contributed by atoms with E-state index >= 15 is 0 Å². The van der Waals surface area contributed by atoms with E-state index in [4.69, 9.17) is 14.5 Å². The smallest absolute Gasteiger partial charge is 0.136 e. The van der Waals surface area contributed by atoms with Crippen molar-refractivity contribution in [2.45, 2.75) is 57.8 Å². The van der Waals surface area contributed by atoms with Crippen molar-refractivity contribution in [1.82, 2.24) is 14.9 Å². The van der Waals surface area contributed by atoms with E-state index in [1.54, 1.807) is 7.11 Å². The first-order valence-electron chi connectivity index (χ1n) is 8.92. The number of morpholine rings is 1. The molecule has 2 saturated heterocycles. The summed E-state index contributed by atoms with van der Waals surface area (Å²) < 4.78 is 11.3. The van der Waals surface area contributed by atoms with E-state index < -0.39 is 0 Å². The zero-order valence-electron chi connectivity index (χ0n) is 15.3. The maximum Gasteiger partial charge on any atom is 0.136 e. The van der Waals surface area contributed by atoms with Crippen molar-refractivity contribution in [2.24, 2.45) is 0 Å². The second-order valence-electron chi connectivity index (χ2n) is 7.88. The fourth-order valence-electron chi connectivity index (χ4n) is 3.37. The Morgan fingerprint density at radius 1 is 1.38 bits per heavy atom. The van der Waals surface area contributed by atoms with Gasteiger partial charge in [0.05, 0.1) is 25.0 Å². The Labute approximate surface area is 145 Å². The maximum absolute atomic E-state index is 6.02. The van der Waals surface area contributed by atoms with E-state index in [-0.39, 0.29) is 11.5 Å². The SMILES string of the molecule is COCc1cc(NCC2CN3CCCC3CO2)nc(C(C)(C)C)n1. The summed E-state index contributed by atoms with van der Waals surface area (Å²) in [4.78, 5) is 11.9. The van der Waals surface area contributed by atoms with E-state index in [1.165, 1.54) is 19.4 Å². The molecule has 2 unspecified atom stereocenters. The zero-order chi connectivity index (χ0) is 17.2. The van der Waals surface area contributed by atoms with Crippen molar-refractivity contribution >= 4 is 5.82 Å². The van der Waals surface area contributed by atoms with Crippen LogP contribution in [0.4, 0.5) is 5.82 Å². The highest BCUT2D eigenvalue weighted by molar-refractivity contribution is 5.37.